The van der Waals surface area contributed by atoms with Crippen molar-refractivity contribution >= 4 is 33.1 Å². The monoisotopic (exact) mass is 439 g/mol. The van der Waals surface area contributed by atoms with E-state index in [1.807, 2.05) is 12.1 Å². The van der Waals surface area contributed by atoms with E-state index in [4.69, 9.17) is 9.72 Å². The lowest BCUT2D eigenvalue weighted by atomic mass is 10.0. The highest BCUT2D eigenvalue weighted by Gasteiger charge is 2.21. The number of aromatic nitrogens is 2. The average Bonchev–Trinajstić information content (AvgIpc) is 3.41. The minimum atomic E-state index is 0.805. The Morgan fingerprint density at radius 2 is 1.78 bits per heavy atom. The number of thiazole rings is 1. The van der Waals surface area contributed by atoms with Crippen molar-refractivity contribution in [2.45, 2.75) is 20.4 Å². The standard InChI is InChI=1S/C27H25N3OS/c1-4-30-23-13-9-8-12-20(23)25(26(30)19-10-6-5-7-11-19)22-17-32-27(29-22)28-21-16-18(2)14-15-24(21)31-3/h5-17H,4H2,1-3H3,(H,28,29). The summed E-state index contributed by atoms with van der Waals surface area (Å²) in [5.74, 6) is 0.805. The van der Waals surface area contributed by atoms with Crippen LogP contribution in [0.3, 0.4) is 0 Å². The van der Waals surface area contributed by atoms with Crippen LogP contribution in [0.25, 0.3) is 33.4 Å². The molecule has 5 rings (SSSR count). The Bertz CT molecular complexity index is 1390. The molecule has 2 aromatic heterocycles. The van der Waals surface area contributed by atoms with Gasteiger partial charge in [0.05, 0.1) is 24.2 Å². The van der Waals surface area contributed by atoms with Gasteiger partial charge in [-0.05, 0) is 43.2 Å². The number of methoxy groups -OCH3 is 1. The number of fused-ring (bicyclic) bond motifs is 1. The van der Waals surface area contributed by atoms with Crippen molar-refractivity contribution in [3.63, 3.8) is 0 Å². The molecule has 0 fully saturated rings. The Morgan fingerprint density at radius 1 is 1.00 bits per heavy atom. The Balaban J connectivity index is 1.65. The Morgan fingerprint density at radius 3 is 2.56 bits per heavy atom. The van der Waals surface area contributed by atoms with Gasteiger partial charge in [-0.1, -0.05) is 54.6 Å². The summed E-state index contributed by atoms with van der Waals surface area (Å²) in [4.78, 5) is 5.00. The Kier molecular flexibility index (Phi) is 5.41. The number of anilines is 2. The summed E-state index contributed by atoms with van der Waals surface area (Å²) >= 11 is 1.61. The zero-order valence-electron chi connectivity index (χ0n) is 18.4. The lowest BCUT2D eigenvalue weighted by Crippen LogP contribution is -1.97. The summed E-state index contributed by atoms with van der Waals surface area (Å²) in [5, 5.41) is 7.66. The molecule has 0 bridgehead atoms. The smallest absolute Gasteiger partial charge is 0.187 e. The van der Waals surface area contributed by atoms with Crippen LogP contribution in [0.15, 0.2) is 78.2 Å². The molecule has 0 amide bonds. The first-order valence-electron chi connectivity index (χ1n) is 10.7. The molecule has 2 heterocycles. The zero-order chi connectivity index (χ0) is 22.1. The second-order valence-electron chi connectivity index (χ2n) is 7.72. The number of ether oxygens (including phenoxy) is 1. The number of benzene rings is 3. The average molecular weight is 440 g/mol. The summed E-state index contributed by atoms with van der Waals surface area (Å²) < 4.78 is 7.91. The van der Waals surface area contributed by atoms with Gasteiger partial charge in [0.15, 0.2) is 5.13 Å². The number of aryl methyl sites for hydroxylation is 2. The highest BCUT2D eigenvalue weighted by molar-refractivity contribution is 7.14. The molecule has 4 nitrogen and oxygen atoms in total. The van der Waals surface area contributed by atoms with E-state index in [9.17, 15) is 0 Å². The first kappa shape index (κ1) is 20.3. The second kappa shape index (κ2) is 8.52. The van der Waals surface area contributed by atoms with Crippen molar-refractivity contribution in [3.8, 4) is 28.3 Å². The van der Waals surface area contributed by atoms with Crippen LogP contribution < -0.4 is 10.1 Å². The van der Waals surface area contributed by atoms with E-state index in [0.29, 0.717) is 0 Å². The lowest BCUT2D eigenvalue weighted by Gasteiger charge is -2.10. The maximum Gasteiger partial charge on any atom is 0.187 e. The zero-order valence-corrected chi connectivity index (χ0v) is 19.2. The summed E-state index contributed by atoms with van der Waals surface area (Å²) in [6.45, 7) is 5.16. The molecule has 5 heteroatoms. The second-order valence-corrected chi connectivity index (χ2v) is 8.58. The molecule has 0 aliphatic rings. The molecule has 160 valence electrons. The quantitative estimate of drug-likeness (QED) is 0.297. The molecule has 0 aliphatic heterocycles. The Labute approximate surface area is 192 Å². The van der Waals surface area contributed by atoms with Crippen molar-refractivity contribution in [1.82, 2.24) is 9.55 Å². The summed E-state index contributed by atoms with van der Waals surface area (Å²) in [6.07, 6.45) is 0. The van der Waals surface area contributed by atoms with Crippen molar-refractivity contribution in [1.29, 1.82) is 0 Å². The van der Waals surface area contributed by atoms with Crippen molar-refractivity contribution < 1.29 is 4.74 Å². The van der Waals surface area contributed by atoms with Crippen LogP contribution in [0.2, 0.25) is 0 Å². The van der Waals surface area contributed by atoms with E-state index in [1.54, 1.807) is 18.4 Å². The van der Waals surface area contributed by atoms with Gasteiger partial charge in [0.25, 0.3) is 0 Å². The Hall–Kier alpha value is -3.57. The van der Waals surface area contributed by atoms with Gasteiger partial charge in [-0.25, -0.2) is 4.98 Å². The van der Waals surface area contributed by atoms with Crippen LogP contribution in [0, 0.1) is 6.92 Å². The van der Waals surface area contributed by atoms with Crippen LogP contribution in [0.4, 0.5) is 10.8 Å². The predicted octanol–water partition coefficient (Wildman–Crippen LogP) is 7.51. The summed E-state index contributed by atoms with van der Waals surface area (Å²) in [5.41, 5.74) is 7.88. The molecule has 0 spiro atoms. The first-order valence-corrected chi connectivity index (χ1v) is 11.6. The van der Waals surface area contributed by atoms with E-state index in [-0.39, 0.29) is 0 Å². The largest absolute Gasteiger partial charge is 0.495 e. The third kappa shape index (κ3) is 3.55. The molecule has 0 saturated heterocycles. The van der Waals surface area contributed by atoms with Crippen LogP contribution in [-0.2, 0) is 6.54 Å². The maximum absolute atomic E-state index is 5.53. The number of nitrogens with zero attached hydrogens (tertiary/aromatic N) is 2. The molecule has 5 aromatic rings. The molecule has 3 aromatic carbocycles. The highest BCUT2D eigenvalue weighted by atomic mass is 32.1. The third-order valence-electron chi connectivity index (χ3n) is 5.69. The van der Waals surface area contributed by atoms with Gasteiger partial charge >= 0.3 is 0 Å². The minimum absolute atomic E-state index is 0.805. The van der Waals surface area contributed by atoms with Gasteiger partial charge in [-0.2, -0.15) is 0 Å². The van der Waals surface area contributed by atoms with E-state index in [0.717, 1.165) is 28.8 Å². The topological polar surface area (TPSA) is 39.1 Å². The SMILES string of the molecule is CCn1c(-c2ccccc2)c(-c2csc(Nc3cc(C)ccc3OC)n2)c2ccccc21. The fourth-order valence-corrected chi connectivity index (χ4v) is 4.98. The van der Waals surface area contributed by atoms with E-state index in [1.165, 1.54) is 33.3 Å². The number of nitrogens with one attached hydrogen (secondary N) is 1. The van der Waals surface area contributed by atoms with Crippen molar-refractivity contribution in [2.75, 3.05) is 12.4 Å². The maximum atomic E-state index is 5.53. The molecular formula is C27H25N3OS. The molecule has 0 atom stereocenters. The molecular weight excluding hydrogens is 414 g/mol. The van der Waals surface area contributed by atoms with Gasteiger partial charge in [-0.15, -0.1) is 11.3 Å². The van der Waals surface area contributed by atoms with Crippen LogP contribution in [0.5, 0.6) is 5.75 Å². The van der Waals surface area contributed by atoms with Gasteiger partial charge in [0.2, 0.25) is 0 Å². The van der Waals surface area contributed by atoms with E-state index in [2.05, 4.69) is 89.8 Å². The summed E-state index contributed by atoms with van der Waals surface area (Å²) in [7, 11) is 1.69. The van der Waals surface area contributed by atoms with Crippen molar-refractivity contribution in [3.05, 3.63) is 83.7 Å². The van der Waals surface area contributed by atoms with Crippen LogP contribution in [-0.4, -0.2) is 16.7 Å². The number of para-hydroxylation sites is 1. The highest BCUT2D eigenvalue weighted by Crippen LogP contribution is 2.42. The van der Waals surface area contributed by atoms with Crippen LogP contribution in [0.1, 0.15) is 12.5 Å². The van der Waals surface area contributed by atoms with E-state index >= 15 is 0 Å². The third-order valence-corrected chi connectivity index (χ3v) is 6.45. The van der Waals surface area contributed by atoms with Gasteiger partial charge in [0, 0.05) is 28.4 Å². The fourth-order valence-electron chi connectivity index (χ4n) is 4.27. The van der Waals surface area contributed by atoms with Gasteiger partial charge < -0.3 is 14.6 Å². The lowest BCUT2D eigenvalue weighted by molar-refractivity contribution is 0.416. The minimum Gasteiger partial charge on any atom is -0.495 e. The van der Waals surface area contributed by atoms with Crippen molar-refractivity contribution in [2.24, 2.45) is 0 Å². The molecule has 1 N–H and O–H groups in total. The number of rotatable bonds is 6. The van der Waals surface area contributed by atoms with Gasteiger partial charge in [0.1, 0.15) is 5.75 Å². The predicted molar refractivity (Wildman–Crippen MR) is 135 cm³/mol. The number of hydrogen-bond donors (Lipinski definition) is 1. The molecule has 0 radical (unpaired) electrons. The molecule has 0 saturated carbocycles. The summed E-state index contributed by atoms with van der Waals surface area (Å²) in [6, 6.07) is 25.3. The molecule has 0 unspecified atom stereocenters. The van der Waals surface area contributed by atoms with Gasteiger partial charge in [-0.3, -0.25) is 0 Å². The fraction of sp³-hybridized carbons (Fsp3) is 0.148. The number of hydrogen-bond acceptors (Lipinski definition) is 4. The first-order chi connectivity index (χ1) is 15.7. The van der Waals surface area contributed by atoms with E-state index < -0.39 is 0 Å². The van der Waals surface area contributed by atoms with Crippen LogP contribution >= 0.6 is 11.3 Å². The normalized spacial score (nSPS) is 11.1. The molecule has 0 aliphatic carbocycles. The molecule has 32 heavy (non-hydrogen) atoms.